The van der Waals surface area contributed by atoms with Crippen LogP contribution in [0, 0.1) is 12.8 Å². The number of nitrogens with zero attached hydrogens (tertiary/aromatic N) is 4. The van der Waals surface area contributed by atoms with Crippen LogP contribution in [0.5, 0.6) is 0 Å². The Hall–Kier alpha value is -3.35. The lowest BCUT2D eigenvalue weighted by atomic mass is 10.1. The predicted molar refractivity (Wildman–Crippen MR) is 119 cm³/mol. The number of amides is 2. The molecular weight excluding hydrogens is 376 g/mol. The van der Waals surface area contributed by atoms with E-state index in [1.165, 1.54) is 5.57 Å². The highest BCUT2D eigenvalue weighted by atomic mass is 16.2. The van der Waals surface area contributed by atoms with Crippen LogP contribution in [0.1, 0.15) is 32.3 Å². The zero-order valence-corrected chi connectivity index (χ0v) is 17.9. The van der Waals surface area contributed by atoms with Crippen molar-refractivity contribution in [3.05, 3.63) is 59.9 Å². The Bertz CT molecular complexity index is 1080. The number of hydrogen-bond acceptors (Lipinski definition) is 3. The smallest absolute Gasteiger partial charge is 0.320 e. The van der Waals surface area contributed by atoms with Gasteiger partial charge in [0.15, 0.2) is 0 Å². The minimum Gasteiger partial charge on any atom is -0.334 e. The van der Waals surface area contributed by atoms with Crippen molar-refractivity contribution in [3.63, 3.8) is 0 Å². The molecule has 0 saturated heterocycles. The molecule has 156 valence electrons. The number of para-hydroxylation sites is 1. The van der Waals surface area contributed by atoms with Gasteiger partial charge in [-0.1, -0.05) is 36.8 Å². The summed E-state index contributed by atoms with van der Waals surface area (Å²) in [5.41, 5.74) is 4.90. The summed E-state index contributed by atoms with van der Waals surface area (Å²) in [7, 11) is 1.88. The van der Waals surface area contributed by atoms with Crippen molar-refractivity contribution < 1.29 is 4.79 Å². The second-order valence-electron chi connectivity index (χ2n) is 8.01. The van der Waals surface area contributed by atoms with E-state index in [1.54, 1.807) is 15.6 Å². The number of anilines is 1. The summed E-state index contributed by atoms with van der Waals surface area (Å²) in [6.45, 7) is 6.22. The summed E-state index contributed by atoms with van der Waals surface area (Å²) in [5.74, 6) is 1.09. The second-order valence-corrected chi connectivity index (χ2v) is 8.01. The number of benzene rings is 1. The number of urea groups is 1. The molecule has 0 radical (unpaired) electrons. The topological polar surface area (TPSA) is 76.8 Å². The van der Waals surface area contributed by atoms with Gasteiger partial charge in [-0.05, 0) is 44.7 Å². The molecule has 4 rings (SSSR count). The third kappa shape index (κ3) is 3.87. The molecule has 0 spiro atoms. The van der Waals surface area contributed by atoms with Crippen LogP contribution in [0.4, 0.5) is 10.6 Å². The van der Waals surface area contributed by atoms with Gasteiger partial charge in [-0.3, -0.25) is 10.00 Å². The fraction of sp³-hybridized carbons (Fsp3) is 0.348. The molecule has 30 heavy (non-hydrogen) atoms. The summed E-state index contributed by atoms with van der Waals surface area (Å²) in [5, 5.41) is 15.3. The number of aryl methyl sites for hydroxylation is 1. The summed E-state index contributed by atoms with van der Waals surface area (Å²) in [6.07, 6.45) is 7.81. The molecule has 2 aromatic heterocycles. The monoisotopic (exact) mass is 404 g/mol. The second kappa shape index (κ2) is 8.18. The summed E-state index contributed by atoms with van der Waals surface area (Å²) in [4.78, 5) is 12.9. The molecule has 3 aromatic rings. The number of nitrogens with one attached hydrogen (secondary N) is 2. The maximum Gasteiger partial charge on any atom is 0.320 e. The number of carbonyl (C=O) groups is 1. The number of aromatic nitrogens is 4. The van der Waals surface area contributed by atoms with Crippen LogP contribution in [0.3, 0.4) is 0 Å². The average Bonchev–Trinajstić information content (AvgIpc) is 3.41. The van der Waals surface area contributed by atoms with E-state index in [2.05, 4.69) is 35.7 Å². The van der Waals surface area contributed by atoms with Crippen molar-refractivity contribution in [2.45, 2.75) is 39.7 Å². The third-order valence-electron chi connectivity index (χ3n) is 5.81. The molecule has 1 aliphatic rings. The molecular formula is C23H28N6O. The van der Waals surface area contributed by atoms with Gasteiger partial charge in [-0.2, -0.15) is 10.2 Å². The van der Waals surface area contributed by atoms with E-state index in [0.29, 0.717) is 11.7 Å². The summed E-state index contributed by atoms with van der Waals surface area (Å²) < 4.78 is 3.53. The minimum absolute atomic E-state index is 0.141. The van der Waals surface area contributed by atoms with Crippen LogP contribution in [-0.2, 0) is 7.05 Å². The largest absolute Gasteiger partial charge is 0.334 e. The van der Waals surface area contributed by atoms with Crippen LogP contribution in [0.15, 0.2) is 54.4 Å². The summed E-state index contributed by atoms with van der Waals surface area (Å²) >= 11 is 0. The Kier molecular flexibility index (Phi) is 5.44. The van der Waals surface area contributed by atoms with E-state index >= 15 is 0 Å². The standard InChI is InChI=1S/C23H28N6O/c1-5-17-11-15(2)20(12-17)25-23(30)26-22-16(3)21(18-13-24-28(4)14-18)27-29(22)19-9-7-6-8-10-19/h5-10,13-15,20H,11-12H2,1-4H3,(H2,25,26,30)/b17-5+/t15-,20-/m1/s1. The van der Waals surface area contributed by atoms with Crippen molar-refractivity contribution in [3.8, 4) is 16.9 Å². The highest BCUT2D eigenvalue weighted by Crippen LogP contribution is 2.32. The van der Waals surface area contributed by atoms with Crippen molar-refractivity contribution in [2.75, 3.05) is 5.32 Å². The van der Waals surface area contributed by atoms with E-state index in [0.717, 1.165) is 35.3 Å². The fourth-order valence-corrected chi connectivity index (χ4v) is 4.08. The highest BCUT2D eigenvalue weighted by Gasteiger charge is 2.28. The Morgan fingerprint density at radius 3 is 2.63 bits per heavy atom. The SMILES string of the molecule is C/C=C1\C[C@@H](C)[C@H](NC(=O)Nc2c(C)c(-c3cnn(C)c3)nn2-c2ccccc2)C1. The number of allylic oxidation sites excluding steroid dienone is 1. The first-order valence-corrected chi connectivity index (χ1v) is 10.3. The maximum absolute atomic E-state index is 12.9. The Morgan fingerprint density at radius 1 is 1.23 bits per heavy atom. The lowest BCUT2D eigenvalue weighted by molar-refractivity contribution is 0.245. The van der Waals surface area contributed by atoms with Gasteiger partial charge >= 0.3 is 6.03 Å². The van der Waals surface area contributed by atoms with Crippen LogP contribution >= 0.6 is 0 Å². The molecule has 1 saturated carbocycles. The molecule has 1 aromatic carbocycles. The van der Waals surface area contributed by atoms with E-state index < -0.39 is 0 Å². The first kappa shape index (κ1) is 19.9. The minimum atomic E-state index is -0.206. The highest BCUT2D eigenvalue weighted by molar-refractivity contribution is 5.91. The molecule has 1 fully saturated rings. The van der Waals surface area contributed by atoms with E-state index in [4.69, 9.17) is 5.10 Å². The molecule has 7 heteroatoms. The van der Waals surface area contributed by atoms with Crippen LogP contribution in [-0.4, -0.2) is 31.6 Å². The zero-order valence-electron chi connectivity index (χ0n) is 17.9. The van der Waals surface area contributed by atoms with Gasteiger partial charge in [0, 0.05) is 30.4 Å². The quantitative estimate of drug-likeness (QED) is 0.631. The predicted octanol–water partition coefficient (Wildman–Crippen LogP) is 4.45. The van der Waals surface area contributed by atoms with Gasteiger partial charge in [0.1, 0.15) is 11.5 Å². The molecule has 2 N–H and O–H groups in total. The Balaban J connectivity index is 1.64. The van der Waals surface area contributed by atoms with Crippen LogP contribution in [0.2, 0.25) is 0 Å². The number of carbonyl (C=O) groups excluding carboxylic acids is 1. The van der Waals surface area contributed by atoms with Crippen molar-refractivity contribution in [1.29, 1.82) is 0 Å². The van der Waals surface area contributed by atoms with Gasteiger partial charge in [-0.25, -0.2) is 9.48 Å². The molecule has 2 amide bonds. The molecule has 7 nitrogen and oxygen atoms in total. The molecule has 0 aliphatic heterocycles. The van der Waals surface area contributed by atoms with Gasteiger partial charge in [0.2, 0.25) is 0 Å². The molecule has 2 atom stereocenters. The Labute approximate surface area is 176 Å². The number of rotatable bonds is 4. The van der Waals surface area contributed by atoms with E-state index in [1.807, 2.05) is 50.5 Å². The lowest BCUT2D eigenvalue weighted by Crippen LogP contribution is -2.39. The fourth-order valence-electron chi connectivity index (χ4n) is 4.08. The summed E-state index contributed by atoms with van der Waals surface area (Å²) in [6, 6.07) is 9.75. The van der Waals surface area contributed by atoms with Gasteiger partial charge in [-0.15, -0.1) is 0 Å². The van der Waals surface area contributed by atoms with Crippen molar-refractivity contribution >= 4 is 11.8 Å². The average molecular weight is 405 g/mol. The van der Waals surface area contributed by atoms with Crippen LogP contribution in [0.25, 0.3) is 16.9 Å². The third-order valence-corrected chi connectivity index (χ3v) is 5.81. The van der Waals surface area contributed by atoms with E-state index in [9.17, 15) is 4.79 Å². The van der Waals surface area contributed by atoms with Gasteiger partial charge < -0.3 is 5.32 Å². The van der Waals surface area contributed by atoms with Gasteiger partial charge in [0.05, 0.1) is 11.9 Å². The first-order valence-electron chi connectivity index (χ1n) is 10.3. The Morgan fingerprint density at radius 2 is 2.00 bits per heavy atom. The van der Waals surface area contributed by atoms with Crippen molar-refractivity contribution in [2.24, 2.45) is 13.0 Å². The number of hydrogen-bond donors (Lipinski definition) is 2. The molecule has 1 aliphatic carbocycles. The molecule has 0 bridgehead atoms. The maximum atomic E-state index is 12.9. The molecule has 0 unspecified atom stereocenters. The van der Waals surface area contributed by atoms with Crippen molar-refractivity contribution in [1.82, 2.24) is 24.9 Å². The first-order chi connectivity index (χ1) is 14.5. The van der Waals surface area contributed by atoms with Gasteiger partial charge in [0.25, 0.3) is 0 Å². The lowest BCUT2D eigenvalue weighted by Gasteiger charge is -2.18. The van der Waals surface area contributed by atoms with E-state index in [-0.39, 0.29) is 12.1 Å². The normalized spacial score (nSPS) is 19.9. The van der Waals surface area contributed by atoms with Crippen LogP contribution < -0.4 is 10.6 Å². The molecule has 2 heterocycles. The zero-order chi connectivity index (χ0) is 21.3.